The number of benzene rings is 1. The van der Waals surface area contributed by atoms with Gasteiger partial charge >= 0.3 is 0 Å². The molecule has 100 valence electrons. The molecular formula is C15H13BrN4. The van der Waals surface area contributed by atoms with E-state index in [0.29, 0.717) is 5.82 Å². The summed E-state index contributed by atoms with van der Waals surface area (Å²) < 4.78 is 1.06. The molecule has 0 radical (unpaired) electrons. The minimum absolute atomic E-state index is 0.477. The number of anilines is 1. The smallest absolute Gasteiger partial charge is 0.153 e. The Bertz CT molecular complexity index is 750. The summed E-state index contributed by atoms with van der Waals surface area (Å²) in [6, 6.07) is 10.0. The number of nitrogens with two attached hydrogens (primary N) is 1. The third-order valence-electron chi connectivity index (χ3n) is 3.21. The number of nitrogen functional groups attached to an aromatic ring is 1. The highest BCUT2D eigenvalue weighted by atomic mass is 79.9. The summed E-state index contributed by atoms with van der Waals surface area (Å²) in [5.41, 5.74) is 10.9. The molecule has 1 aromatic carbocycles. The lowest BCUT2D eigenvalue weighted by Crippen LogP contribution is -1.89. The molecule has 0 bridgehead atoms. The van der Waals surface area contributed by atoms with Gasteiger partial charge in [-0.05, 0) is 24.6 Å². The van der Waals surface area contributed by atoms with Crippen LogP contribution in [0.4, 0.5) is 5.82 Å². The van der Waals surface area contributed by atoms with Gasteiger partial charge in [-0.15, -0.1) is 0 Å². The number of rotatable bonds is 2. The lowest BCUT2D eigenvalue weighted by molar-refractivity contribution is 1.10. The third-order valence-corrected chi connectivity index (χ3v) is 4.06. The van der Waals surface area contributed by atoms with Gasteiger partial charge in [0, 0.05) is 28.0 Å². The van der Waals surface area contributed by atoms with Gasteiger partial charge in [-0.1, -0.05) is 34.1 Å². The van der Waals surface area contributed by atoms with Crippen molar-refractivity contribution in [1.82, 2.24) is 15.2 Å². The van der Waals surface area contributed by atoms with Crippen LogP contribution >= 0.6 is 15.9 Å². The zero-order valence-corrected chi connectivity index (χ0v) is 12.5. The number of pyridine rings is 1. The number of aryl methyl sites for hydroxylation is 1. The normalized spacial score (nSPS) is 10.7. The Morgan fingerprint density at radius 3 is 2.75 bits per heavy atom. The van der Waals surface area contributed by atoms with Gasteiger partial charge in [-0.3, -0.25) is 10.1 Å². The van der Waals surface area contributed by atoms with Crippen LogP contribution in [0, 0.1) is 6.92 Å². The minimum Gasteiger partial charge on any atom is -0.382 e. The first-order valence-corrected chi connectivity index (χ1v) is 6.97. The zero-order valence-electron chi connectivity index (χ0n) is 10.9. The van der Waals surface area contributed by atoms with Gasteiger partial charge in [0.2, 0.25) is 0 Å². The topological polar surface area (TPSA) is 67.6 Å². The molecular weight excluding hydrogens is 316 g/mol. The lowest BCUT2D eigenvalue weighted by atomic mass is 10.0. The van der Waals surface area contributed by atoms with Gasteiger partial charge in [0.05, 0.1) is 11.3 Å². The Kier molecular flexibility index (Phi) is 3.28. The van der Waals surface area contributed by atoms with Gasteiger partial charge in [0.15, 0.2) is 5.82 Å². The molecule has 0 saturated heterocycles. The van der Waals surface area contributed by atoms with E-state index >= 15 is 0 Å². The molecule has 0 spiro atoms. The van der Waals surface area contributed by atoms with E-state index in [1.807, 2.05) is 18.2 Å². The van der Waals surface area contributed by atoms with Crippen LogP contribution in [0.3, 0.4) is 0 Å². The van der Waals surface area contributed by atoms with E-state index in [0.717, 1.165) is 26.9 Å². The first-order valence-electron chi connectivity index (χ1n) is 6.17. The summed E-state index contributed by atoms with van der Waals surface area (Å²) in [5, 5.41) is 7.14. The Balaban J connectivity index is 2.18. The highest BCUT2D eigenvalue weighted by Crippen LogP contribution is 2.35. The van der Waals surface area contributed by atoms with E-state index in [2.05, 4.69) is 50.2 Å². The molecule has 3 rings (SSSR count). The maximum atomic E-state index is 6.00. The molecule has 0 aliphatic carbocycles. The number of H-pyrrole nitrogens is 1. The fourth-order valence-corrected chi connectivity index (χ4v) is 2.49. The molecule has 0 fully saturated rings. The molecule has 3 N–H and O–H groups in total. The maximum Gasteiger partial charge on any atom is 0.153 e. The van der Waals surface area contributed by atoms with Crippen molar-refractivity contribution in [2.75, 3.05) is 5.73 Å². The molecule has 2 aromatic heterocycles. The second-order valence-electron chi connectivity index (χ2n) is 4.56. The van der Waals surface area contributed by atoms with E-state index in [9.17, 15) is 0 Å². The Hall–Kier alpha value is -2.14. The molecule has 0 amide bonds. The second kappa shape index (κ2) is 5.09. The number of nitrogens with one attached hydrogen (secondary N) is 1. The van der Waals surface area contributed by atoms with Crippen molar-refractivity contribution in [3.05, 3.63) is 52.8 Å². The molecule has 20 heavy (non-hydrogen) atoms. The largest absolute Gasteiger partial charge is 0.382 e. The van der Waals surface area contributed by atoms with Crippen LogP contribution in [0.5, 0.6) is 0 Å². The molecule has 3 aromatic rings. The molecule has 4 nitrogen and oxygen atoms in total. The molecule has 2 heterocycles. The maximum absolute atomic E-state index is 6.00. The molecule has 0 saturated carbocycles. The van der Waals surface area contributed by atoms with Crippen molar-refractivity contribution in [3.8, 4) is 22.4 Å². The van der Waals surface area contributed by atoms with Gasteiger partial charge in [0.25, 0.3) is 0 Å². The van der Waals surface area contributed by atoms with E-state index in [-0.39, 0.29) is 0 Å². The third kappa shape index (κ3) is 2.20. The quantitative estimate of drug-likeness (QED) is 0.752. The van der Waals surface area contributed by atoms with Crippen molar-refractivity contribution in [1.29, 1.82) is 0 Å². The number of hydrogen-bond donors (Lipinski definition) is 2. The number of aromatic amines is 1. The molecule has 0 atom stereocenters. The van der Waals surface area contributed by atoms with Gasteiger partial charge in [-0.2, -0.15) is 5.10 Å². The summed E-state index contributed by atoms with van der Waals surface area (Å²) in [7, 11) is 0. The Morgan fingerprint density at radius 1 is 1.20 bits per heavy atom. The first kappa shape index (κ1) is 12.9. The van der Waals surface area contributed by atoms with Gasteiger partial charge in [-0.25, -0.2) is 0 Å². The highest BCUT2D eigenvalue weighted by molar-refractivity contribution is 9.10. The first-order chi connectivity index (χ1) is 9.66. The fourth-order valence-electron chi connectivity index (χ4n) is 2.12. The SMILES string of the molecule is Cc1ccc(-c2[nH]nc(N)c2-c2cccnc2)cc1Br. The van der Waals surface area contributed by atoms with Crippen molar-refractivity contribution in [2.45, 2.75) is 6.92 Å². The van der Waals surface area contributed by atoms with Crippen LogP contribution < -0.4 is 5.73 Å². The Morgan fingerprint density at radius 2 is 2.05 bits per heavy atom. The number of nitrogens with zero attached hydrogens (tertiary/aromatic N) is 2. The van der Waals surface area contributed by atoms with Crippen LogP contribution in [-0.4, -0.2) is 15.2 Å². The monoisotopic (exact) mass is 328 g/mol. The molecule has 0 aliphatic rings. The number of aromatic nitrogens is 3. The molecule has 0 unspecified atom stereocenters. The number of halogens is 1. The predicted molar refractivity (Wildman–Crippen MR) is 84.1 cm³/mol. The summed E-state index contributed by atoms with van der Waals surface area (Å²) in [4.78, 5) is 4.14. The Labute approximate surface area is 125 Å². The van der Waals surface area contributed by atoms with Crippen LogP contribution in [-0.2, 0) is 0 Å². The van der Waals surface area contributed by atoms with Crippen LogP contribution in [0.15, 0.2) is 47.2 Å². The van der Waals surface area contributed by atoms with Crippen molar-refractivity contribution in [2.24, 2.45) is 0 Å². The number of hydrogen-bond acceptors (Lipinski definition) is 3. The van der Waals surface area contributed by atoms with Crippen molar-refractivity contribution < 1.29 is 0 Å². The van der Waals surface area contributed by atoms with E-state index in [1.165, 1.54) is 5.56 Å². The van der Waals surface area contributed by atoms with Crippen LogP contribution in [0.2, 0.25) is 0 Å². The van der Waals surface area contributed by atoms with Crippen LogP contribution in [0.1, 0.15) is 5.56 Å². The van der Waals surface area contributed by atoms with E-state index in [1.54, 1.807) is 12.4 Å². The zero-order chi connectivity index (χ0) is 14.1. The lowest BCUT2D eigenvalue weighted by Gasteiger charge is -2.06. The van der Waals surface area contributed by atoms with Crippen molar-refractivity contribution in [3.63, 3.8) is 0 Å². The standard InChI is InChI=1S/C15H13BrN4/c1-9-4-5-10(7-12(9)16)14-13(15(17)20-19-14)11-3-2-6-18-8-11/h2-8H,1H3,(H3,17,19,20). The van der Waals surface area contributed by atoms with E-state index in [4.69, 9.17) is 5.73 Å². The van der Waals surface area contributed by atoms with Crippen LogP contribution in [0.25, 0.3) is 22.4 Å². The average molecular weight is 329 g/mol. The molecule has 5 heteroatoms. The van der Waals surface area contributed by atoms with Gasteiger partial charge < -0.3 is 5.73 Å². The van der Waals surface area contributed by atoms with Gasteiger partial charge in [0.1, 0.15) is 0 Å². The van der Waals surface area contributed by atoms with E-state index < -0.39 is 0 Å². The summed E-state index contributed by atoms with van der Waals surface area (Å²) in [6.07, 6.45) is 3.52. The highest BCUT2D eigenvalue weighted by Gasteiger charge is 2.15. The average Bonchev–Trinajstić information content (AvgIpc) is 2.85. The summed E-state index contributed by atoms with van der Waals surface area (Å²) in [6.45, 7) is 2.05. The predicted octanol–water partition coefficient (Wildman–Crippen LogP) is 3.79. The summed E-state index contributed by atoms with van der Waals surface area (Å²) >= 11 is 3.55. The minimum atomic E-state index is 0.477. The summed E-state index contributed by atoms with van der Waals surface area (Å²) in [5.74, 6) is 0.477. The van der Waals surface area contributed by atoms with Crippen molar-refractivity contribution >= 4 is 21.7 Å². The second-order valence-corrected chi connectivity index (χ2v) is 5.42. The molecule has 0 aliphatic heterocycles. The fraction of sp³-hybridized carbons (Fsp3) is 0.0667.